The number of hydrogen-bond acceptors (Lipinski definition) is 2. The summed E-state index contributed by atoms with van der Waals surface area (Å²) < 4.78 is 0. The normalized spacial score (nSPS) is 43.7. The zero-order valence-electron chi connectivity index (χ0n) is 12.4. The van der Waals surface area contributed by atoms with Crippen LogP contribution in [0.25, 0.3) is 0 Å². The molecule has 2 nitrogen and oxygen atoms in total. The molecule has 0 heterocycles. The van der Waals surface area contributed by atoms with Crippen LogP contribution in [0.2, 0.25) is 0 Å². The van der Waals surface area contributed by atoms with E-state index in [4.69, 9.17) is 0 Å². The zero-order chi connectivity index (χ0) is 13.6. The minimum Gasteiger partial charge on any atom is -0.392 e. The first-order valence-electron chi connectivity index (χ1n) is 7.62. The van der Waals surface area contributed by atoms with Crippen molar-refractivity contribution in [1.29, 1.82) is 0 Å². The number of aliphatic hydroxyl groups is 2. The summed E-state index contributed by atoms with van der Waals surface area (Å²) in [7, 11) is 0. The highest BCUT2D eigenvalue weighted by molar-refractivity contribution is 4.98. The molecule has 2 unspecified atom stereocenters. The van der Waals surface area contributed by atoms with E-state index in [-0.39, 0.29) is 29.0 Å². The molecule has 0 aliphatic heterocycles. The summed E-state index contributed by atoms with van der Waals surface area (Å²) in [6.07, 6.45) is 6.17. The quantitative estimate of drug-likeness (QED) is 0.696. The molecule has 2 heteroatoms. The topological polar surface area (TPSA) is 40.5 Å². The van der Waals surface area contributed by atoms with E-state index in [0.717, 1.165) is 12.8 Å². The van der Waals surface area contributed by atoms with Crippen molar-refractivity contribution in [1.82, 2.24) is 0 Å². The lowest BCUT2D eigenvalue weighted by Crippen LogP contribution is -2.47. The summed E-state index contributed by atoms with van der Waals surface area (Å²) >= 11 is 0. The molecule has 0 amide bonds. The fourth-order valence-electron chi connectivity index (χ4n) is 4.19. The van der Waals surface area contributed by atoms with E-state index in [9.17, 15) is 10.2 Å². The van der Waals surface area contributed by atoms with Crippen LogP contribution in [0, 0.1) is 22.7 Å². The number of hydrogen-bond donors (Lipinski definition) is 2. The largest absolute Gasteiger partial charge is 0.392 e. The first-order chi connectivity index (χ1) is 8.26. The van der Waals surface area contributed by atoms with Crippen LogP contribution >= 0.6 is 0 Å². The molecular formula is C16H30O2. The highest BCUT2D eigenvalue weighted by atomic mass is 16.3. The third kappa shape index (κ3) is 2.46. The van der Waals surface area contributed by atoms with Crippen LogP contribution in [0.5, 0.6) is 0 Å². The zero-order valence-corrected chi connectivity index (χ0v) is 12.4. The van der Waals surface area contributed by atoms with Crippen LogP contribution in [0.4, 0.5) is 0 Å². The van der Waals surface area contributed by atoms with Crippen LogP contribution in [-0.4, -0.2) is 22.4 Å². The Bertz CT molecular complexity index is 267. The molecule has 2 atom stereocenters. The molecule has 106 valence electrons. The summed E-state index contributed by atoms with van der Waals surface area (Å²) in [5, 5.41) is 21.6. The Balaban J connectivity index is 2.32. The summed E-state index contributed by atoms with van der Waals surface area (Å²) in [5.41, 5.74) is -0.109. The van der Waals surface area contributed by atoms with E-state index < -0.39 is 0 Å². The Hall–Kier alpha value is -0.0800. The highest BCUT2D eigenvalue weighted by Gasteiger charge is 2.49. The predicted molar refractivity (Wildman–Crippen MR) is 74.3 cm³/mol. The molecule has 18 heavy (non-hydrogen) atoms. The first kappa shape index (κ1) is 14.3. The average molecular weight is 254 g/mol. The van der Waals surface area contributed by atoms with Crippen molar-refractivity contribution in [2.24, 2.45) is 22.7 Å². The molecule has 2 aliphatic rings. The number of rotatable bonds is 0. The van der Waals surface area contributed by atoms with E-state index in [1.54, 1.807) is 0 Å². The van der Waals surface area contributed by atoms with Crippen molar-refractivity contribution in [3.05, 3.63) is 0 Å². The number of fused-ring (bicyclic) bond motifs is 1. The highest BCUT2D eigenvalue weighted by Crippen LogP contribution is 2.49. The second-order valence-corrected chi connectivity index (χ2v) is 7.99. The maximum absolute atomic E-state index is 10.8. The van der Waals surface area contributed by atoms with E-state index in [1.807, 2.05) is 0 Å². The molecule has 0 aromatic rings. The number of aliphatic hydroxyl groups excluding tert-OH is 2. The van der Waals surface area contributed by atoms with E-state index in [1.165, 1.54) is 25.7 Å². The molecule has 2 N–H and O–H groups in total. The van der Waals surface area contributed by atoms with Crippen molar-refractivity contribution < 1.29 is 10.2 Å². The van der Waals surface area contributed by atoms with Gasteiger partial charge in [-0.1, -0.05) is 40.5 Å². The van der Waals surface area contributed by atoms with Gasteiger partial charge in [-0.2, -0.15) is 0 Å². The van der Waals surface area contributed by atoms with Crippen LogP contribution < -0.4 is 0 Å². The Morgan fingerprint density at radius 1 is 0.778 bits per heavy atom. The van der Waals surface area contributed by atoms with E-state index in [2.05, 4.69) is 27.7 Å². The molecule has 2 aliphatic carbocycles. The van der Waals surface area contributed by atoms with Gasteiger partial charge < -0.3 is 10.2 Å². The van der Waals surface area contributed by atoms with Crippen molar-refractivity contribution in [3.8, 4) is 0 Å². The van der Waals surface area contributed by atoms with Gasteiger partial charge in [0.2, 0.25) is 0 Å². The lowest BCUT2D eigenvalue weighted by Gasteiger charge is -2.42. The van der Waals surface area contributed by atoms with Crippen LogP contribution in [0.3, 0.4) is 0 Å². The van der Waals surface area contributed by atoms with Crippen LogP contribution in [0.15, 0.2) is 0 Å². The van der Waals surface area contributed by atoms with Crippen LogP contribution in [0.1, 0.15) is 66.2 Å². The standard InChI is InChI=1S/C16H30O2/c1-15(2)9-5-7-11-8-6-10-16(3,4)14(18)12(11)13(15)17/h11-14,17-18H,5-10H2,1-4H3. The van der Waals surface area contributed by atoms with Crippen molar-refractivity contribution in [3.63, 3.8) is 0 Å². The average Bonchev–Trinajstić information content (AvgIpc) is 2.43. The van der Waals surface area contributed by atoms with Gasteiger partial charge in [0.1, 0.15) is 0 Å². The van der Waals surface area contributed by atoms with Gasteiger partial charge in [0.05, 0.1) is 12.2 Å². The Morgan fingerprint density at radius 2 is 1.17 bits per heavy atom. The second kappa shape index (κ2) is 4.79. The Kier molecular flexibility index (Phi) is 3.81. The van der Waals surface area contributed by atoms with Crippen molar-refractivity contribution in [2.45, 2.75) is 78.4 Å². The van der Waals surface area contributed by atoms with Gasteiger partial charge >= 0.3 is 0 Å². The third-order valence-electron chi connectivity index (χ3n) is 5.67. The Morgan fingerprint density at radius 3 is 1.56 bits per heavy atom. The fourth-order valence-corrected chi connectivity index (χ4v) is 4.19. The SMILES string of the molecule is CC1(C)CCCC2CCCC(C)(C)C(O)C2C1O. The molecule has 0 saturated heterocycles. The van der Waals surface area contributed by atoms with E-state index >= 15 is 0 Å². The minimum atomic E-state index is -0.364. The third-order valence-corrected chi connectivity index (χ3v) is 5.67. The Labute approximate surface area is 112 Å². The van der Waals surface area contributed by atoms with Gasteiger partial charge in [-0.05, 0) is 42.4 Å². The summed E-state index contributed by atoms with van der Waals surface area (Å²) in [6, 6.07) is 0. The molecule has 0 radical (unpaired) electrons. The maximum Gasteiger partial charge on any atom is 0.0646 e. The molecular weight excluding hydrogens is 224 g/mol. The summed E-state index contributed by atoms with van der Waals surface area (Å²) in [4.78, 5) is 0. The molecule has 2 saturated carbocycles. The van der Waals surface area contributed by atoms with Gasteiger partial charge in [-0.25, -0.2) is 0 Å². The van der Waals surface area contributed by atoms with Gasteiger partial charge in [-0.3, -0.25) is 0 Å². The minimum absolute atomic E-state index is 0.0547. The fraction of sp³-hybridized carbons (Fsp3) is 1.00. The molecule has 2 rings (SSSR count). The van der Waals surface area contributed by atoms with Crippen molar-refractivity contribution in [2.75, 3.05) is 0 Å². The monoisotopic (exact) mass is 254 g/mol. The van der Waals surface area contributed by atoms with Gasteiger partial charge in [0.15, 0.2) is 0 Å². The lowest BCUT2D eigenvalue weighted by atomic mass is 9.68. The molecule has 0 spiro atoms. The lowest BCUT2D eigenvalue weighted by molar-refractivity contribution is -0.0975. The summed E-state index contributed by atoms with van der Waals surface area (Å²) in [6.45, 7) is 8.63. The molecule has 0 aromatic carbocycles. The van der Waals surface area contributed by atoms with Crippen molar-refractivity contribution >= 4 is 0 Å². The van der Waals surface area contributed by atoms with Gasteiger partial charge in [-0.15, -0.1) is 0 Å². The summed E-state index contributed by atoms with van der Waals surface area (Å²) in [5.74, 6) is 0.582. The molecule has 0 bridgehead atoms. The maximum atomic E-state index is 10.8. The van der Waals surface area contributed by atoms with Gasteiger partial charge in [0.25, 0.3) is 0 Å². The van der Waals surface area contributed by atoms with Gasteiger partial charge in [0, 0.05) is 5.92 Å². The first-order valence-corrected chi connectivity index (χ1v) is 7.62. The van der Waals surface area contributed by atoms with E-state index in [0.29, 0.717) is 5.92 Å². The second-order valence-electron chi connectivity index (χ2n) is 7.99. The smallest absolute Gasteiger partial charge is 0.0646 e. The predicted octanol–water partition coefficient (Wildman–Crippen LogP) is 3.36. The van der Waals surface area contributed by atoms with Crippen LogP contribution in [-0.2, 0) is 0 Å². The molecule has 0 aromatic heterocycles. The molecule has 2 fully saturated rings.